The van der Waals surface area contributed by atoms with Crippen LogP contribution in [0.1, 0.15) is 0 Å². The molecule has 0 fully saturated rings. The summed E-state index contributed by atoms with van der Waals surface area (Å²) < 4.78 is 64.4. The molecule has 0 rings (SSSR count). The van der Waals surface area contributed by atoms with E-state index in [1.54, 1.807) is 0 Å². The number of nitrogens with zero attached hydrogens (tertiary/aromatic N) is 4. The number of alkyl halides is 5. The first kappa shape index (κ1) is 20.5. The van der Waals surface area contributed by atoms with Crippen molar-refractivity contribution in [3.05, 3.63) is 0 Å². The molecule has 15 heteroatoms. The molecular formula is C8H2BF5N4O5. The van der Waals surface area contributed by atoms with Crippen LogP contribution in [0.5, 0.6) is 0 Å². The summed E-state index contributed by atoms with van der Waals surface area (Å²) in [6.45, 7) is 0. The van der Waals surface area contributed by atoms with E-state index in [1.165, 1.54) is 0 Å². The second-order valence-electron chi connectivity index (χ2n) is 3.08. The summed E-state index contributed by atoms with van der Waals surface area (Å²) in [5.41, 5.74) is 0. The van der Waals surface area contributed by atoms with Gasteiger partial charge in [0.1, 0.15) is 24.3 Å². The molecule has 0 aliphatic rings. The Morgan fingerprint density at radius 2 is 1.09 bits per heavy atom. The van der Waals surface area contributed by atoms with Crippen LogP contribution in [0, 0.1) is 45.3 Å². The predicted molar refractivity (Wildman–Crippen MR) is 52.2 cm³/mol. The van der Waals surface area contributed by atoms with Crippen LogP contribution in [0.3, 0.4) is 0 Å². The Labute approximate surface area is 124 Å². The van der Waals surface area contributed by atoms with Crippen LogP contribution in [0.2, 0.25) is 0 Å². The molecule has 122 valence electrons. The van der Waals surface area contributed by atoms with Gasteiger partial charge in [-0.1, -0.05) is 0 Å². The van der Waals surface area contributed by atoms with Crippen LogP contribution in [0.4, 0.5) is 22.0 Å². The van der Waals surface area contributed by atoms with Crippen molar-refractivity contribution in [3.8, 4) is 24.3 Å². The highest BCUT2D eigenvalue weighted by atomic mass is 19.4. The van der Waals surface area contributed by atoms with Crippen LogP contribution in [-0.4, -0.2) is 31.8 Å². The smallest absolute Gasteiger partial charge is 0.316 e. The maximum atomic E-state index is 12.7. The number of nitriles is 4. The van der Waals surface area contributed by atoms with Gasteiger partial charge in [0, 0.05) is 0 Å². The summed E-state index contributed by atoms with van der Waals surface area (Å²) in [6, 6.07) is 4.45. The fraction of sp³-hybridized carbons (Fsp3) is 0.500. The van der Waals surface area contributed by atoms with E-state index in [1.807, 2.05) is 0 Å². The van der Waals surface area contributed by atoms with Gasteiger partial charge in [-0.05, 0) is 0 Å². The highest BCUT2D eigenvalue weighted by Crippen LogP contribution is 2.37. The molecule has 0 heterocycles. The lowest BCUT2D eigenvalue weighted by Gasteiger charge is -2.22. The number of hydrogen-bond donors (Lipinski definition) is 0. The van der Waals surface area contributed by atoms with Gasteiger partial charge in [-0.3, -0.25) is 0 Å². The summed E-state index contributed by atoms with van der Waals surface area (Å²) in [4.78, 5) is 15.2. The normalized spacial score (nSPS) is 11.4. The van der Waals surface area contributed by atoms with Crippen molar-refractivity contribution >= 4 is 7.32 Å². The fourth-order valence-corrected chi connectivity index (χ4v) is 0.589. The third-order valence-corrected chi connectivity index (χ3v) is 1.50. The molecule has 0 N–H and O–H groups in total. The van der Waals surface area contributed by atoms with Gasteiger partial charge >= 0.3 is 19.6 Å². The summed E-state index contributed by atoms with van der Waals surface area (Å²) >= 11 is 0. The van der Waals surface area contributed by atoms with Crippen LogP contribution in [-0.2, 0) is 24.0 Å². The van der Waals surface area contributed by atoms with E-state index in [9.17, 15) is 22.0 Å². The van der Waals surface area contributed by atoms with Crippen molar-refractivity contribution < 1.29 is 46.0 Å². The van der Waals surface area contributed by atoms with Gasteiger partial charge in [-0.25, -0.2) is 19.4 Å². The average molecular weight is 340 g/mol. The first-order valence-electron chi connectivity index (χ1n) is 4.96. The van der Waals surface area contributed by atoms with Crippen molar-refractivity contribution in [2.75, 3.05) is 0 Å². The van der Waals surface area contributed by atoms with Crippen LogP contribution < -0.4 is 0 Å². The largest absolute Gasteiger partial charge is 0.701 e. The van der Waals surface area contributed by atoms with Crippen LogP contribution >= 0.6 is 0 Å². The molecule has 0 atom stereocenters. The van der Waals surface area contributed by atoms with Crippen molar-refractivity contribution in [2.45, 2.75) is 24.5 Å². The molecule has 0 aliphatic carbocycles. The van der Waals surface area contributed by atoms with E-state index < -0.39 is 31.8 Å². The molecule has 0 unspecified atom stereocenters. The maximum Gasteiger partial charge on any atom is 0.701 e. The van der Waals surface area contributed by atoms with Gasteiger partial charge < -0.3 is 4.65 Å². The third-order valence-electron chi connectivity index (χ3n) is 1.50. The van der Waals surface area contributed by atoms with E-state index in [0.29, 0.717) is 0 Å². The molecule has 0 bridgehead atoms. The molecule has 0 aromatic heterocycles. The minimum absolute atomic E-state index is 1.11. The lowest BCUT2D eigenvalue weighted by Crippen LogP contribution is -2.46. The van der Waals surface area contributed by atoms with E-state index in [4.69, 9.17) is 21.0 Å². The molecule has 0 radical (unpaired) electrons. The van der Waals surface area contributed by atoms with Crippen molar-refractivity contribution in [2.24, 2.45) is 0 Å². The molecule has 0 aromatic rings. The van der Waals surface area contributed by atoms with E-state index >= 15 is 0 Å². The minimum atomic E-state index is -6.19. The van der Waals surface area contributed by atoms with Crippen molar-refractivity contribution in [1.29, 1.82) is 21.0 Å². The topological polar surface area (TPSA) is 141 Å². The van der Waals surface area contributed by atoms with Crippen molar-refractivity contribution in [1.82, 2.24) is 0 Å². The third kappa shape index (κ3) is 6.85. The zero-order chi connectivity index (χ0) is 18.1. The molecule has 9 nitrogen and oxygen atoms in total. The Hall–Kier alpha value is -2.53. The lowest BCUT2D eigenvalue weighted by molar-refractivity contribution is -0.393. The summed E-state index contributed by atoms with van der Waals surface area (Å²) in [6.07, 6.45) is -16.1. The Morgan fingerprint density at radius 1 is 0.739 bits per heavy atom. The van der Waals surface area contributed by atoms with Gasteiger partial charge in [0.2, 0.25) is 0 Å². The first-order valence-corrected chi connectivity index (χ1v) is 4.96. The lowest BCUT2D eigenvalue weighted by atomic mass is 10.2. The summed E-state index contributed by atoms with van der Waals surface area (Å²) in [5, 5.41) is 33.2. The van der Waals surface area contributed by atoms with E-state index in [0.717, 1.165) is 24.3 Å². The quantitative estimate of drug-likeness (QED) is 0.272. The number of rotatable bonds is 8. The summed E-state index contributed by atoms with van der Waals surface area (Å²) in [5.74, 6) is 0. The SMILES string of the molecule is N#CC(C#N)OOB(OOC(C#N)C#N)OC(F)(F)C(F)(F)F. The monoisotopic (exact) mass is 340 g/mol. The molecule has 0 saturated heterocycles. The molecular weight excluding hydrogens is 338 g/mol. The minimum Gasteiger partial charge on any atom is -0.316 e. The Morgan fingerprint density at radius 3 is 1.35 bits per heavy atom. The Kier molecular flexibility index (Phi) is 7.84. The molecule has 0 aromatic carbocycles. The maximum absolute atomic E-state index is 12.7. The van der Waals surface area contributed by atoms with Crippen LogP contribution in [0.25, 0.3) is 0 Å². The fourth-order valence-electron chi connectivity index (χ4n) is 0.589. The zero-order valence-electron chi connectivity index (χ0n) is 10.5. The van der Waals surface area contributed by atoms with Gasteiger partial charge in [-0.2, -0.15) is 43.0 Å². The van der Waals surface area contributed by atoms with E-state index in [-0.39, 0.29) is 0 Å². The molecule has 23 heavy (non-hydrogen) atoms. The molecule has 0 aliphatic heterocycles. The number of hydrogen-bond acceptors (Lipinski definition) is 9. The van der Waals surface area contributed by atoms with Gasteiger partial charge in [0.05, 0.1) is 0 Å². The molecule has 0 saturated carbocycles. The second-order valence-corrected chi connectivity index (χ2v) is 3.08. The summed E-state index contributed by atoms with van der Waals surface area (Å²) in [7, 11) is -3.10. The molecule has 0 spiro atoms. The highest BCUT2D eigenvalue weighted by molar-refractivity contribution is 6.35. The second kappa shape index (κ2) is 8.81. The average Bonchev–Trinajstić information content (AvgIpc) is 2.47. The Balaban J connectivity index is 4.95. The van der Waals surface area contributed by atoms with Crippen LogP contribution in [0.15, 0.2) is 0 Å². The van der Waals surface area contributed by atoms with Gasteiger partial charge in [-0.15, -0.1) is 0 Å². The van der Waals surface area contributed by atoms with Gasteiger partial charge in [0.25, 0.3) is 12.2 Å². The molecule has 0 amide bonds. The number of halogens is 5. The Bertz CT molecular complexity index is 498. The first-order chi connectivity index (χ1) is 10.6. The standard InChI is InChI=1S/C8H2BF5N4O5/c10-7(11,12)8(13,14)21-9(22-19-5(1-15)2-16)23-20-6(3-17)4-18/h5-6H. The predicted octanol–water partition coefficient (Wildman–Crippen LogP) is 0.871. The van der Waals surface area contributed by atoms with Gasteiger partial charge in [0.15, 0.2) is 0 Å². The van der Waals surface area contributed by atoms with Crippen molar-refractivity contribution in [3.63, 3.8) is 0 Å². The van der Waals surface area contributed by atoms with E-state index in [2.05, 4.69) is 24.0 Å². The zero-order valence-corrected chi connectivity index (χ0v) is 10.5. The highest BCUT2D eigenvalue weighted by Gasteiger charge is 2.62.